The Morgan fingerprint density at radius 3 is 2.05 bits per heavy atom. The molecule has 2 N–H and O–H groups in total. The second kappa shape index (κ2) is 8.34. The number of nitrogens with zero attached hydrogens (tertiary/aromatic N) is 1. The summed E-state index contributed by atoms with van der Waals surface area (Å²) in [6.07, 6.45) is 9.02. The smallest absolute Gasteiger partial charge is 0.00221 e. The van der Waals surface area contributed by atoms with E-state index in [4.69, 9.17) is 5.73 Å². The highest BCUT2D eigenvalue weighted by Crippen LogP contribution is 2.16. The molecule has 0 atom stereocenters. The quantitative estimate of drug-likeness (QED) is 0.764. The van der Waals surface area contributed by atoms with Gasteiger partial charge in [0.15, 0.2) is 0 Å². The summed E-state index contributed by atoms with van der Waals surface area (Å²) >= 11 is 0. The highest BCUT2D eigenvalue weighted by molar-refractivity contribution is 5.28. The molecule has 1 heterocycles. The minimum Gasteiger partial charge on any atom is -0.330 e. The fourth-order valence-electron chi connectivity index (χ4n) is 2.95. The molecule has 106 valence electrons. The first-order valence-electron chi connectivity index (χ1n) is 7.89. The van der Waals surface area contributed by atoms with Crippen molar-refractivity contribution in [3.8, 4) is 0 Å². The molecule has 1 aromatic rings. The fourth-order valence-corrected chi connectivity index (χ4v) is 2.95. The standard InChI is InChI=1S/C17H28N2/c18-12-6-2-1-3-7-13-19-14-10-16-8-4-5-9-17(16)11-15-19/h4-5,8-9H,1-3,6-7,10-15,18H2. The van der Waals surface area contributed by atoms with Gasteiger partial charge in [0.05, 0.1) is 0 Å². The molecule has 2 rings (SSSR count). The highest BCUT2D eigenvalue weighted by Gasteiger charge is 2.12. The monoisotopic (exact) mass is 260 g/mol. The van der Waals surface area contributed by atoms with Gasteiger partial charge in [0.25, 0.3) is 0 Å². The van der Waals surface area contributed by atoms with Crippen LogP contribution in [0, 0.1) is 0 Å². The average Bonchev–Trinajstić information content (AvgIpc) is 2.65. The summed E-state index contributed by atoms with van der Waals surface area (Å²) in [5.74, 6) is 0. The largest absolute Gasteiger partial charge is 0.330 e. The number of fused-ring (bicyclic) bond motifs is 1. The van der Waals surface area contributed by atoms with Crippen molar-refractivity contribution in [1.82, 2.24) is 4.90 Å². The first-order chi connectivity index (χ1) is 9.40. The third-order valence-corrected chi connectivity index (χ3v) is 4.19. The summed E-state index contributed by atoms with van der Waals surface area (Å²) in [6.45, 7) is 4.60. The van der Waals surface area contributed by atoms with Crippen LogP contribution in [-0.4, -0.2) is 31.1 Å². The van der Waals surface area contributed by atoms with Crippen molar-refractivity contribution in [3.63, 3.8) is 0 Å². The number of rotatable bonds is 7. The van der Waals surface area contributed by atoms with Gasteiger partial charge in [0, 0.05) is 13.1 Å². The van der Waals surface area contributed by atoms with Crippen LogP contribution in [0.4, 0.5) is 0 Å². The van der Waals surface area contributed by atoms with Crippen LogP contribution in [0.3, 0.4) is 0 Å². The van der Waals surface area contributed by atoms with Crippen LogP contribution in [0.25, 0.3) is 0 Å². The van der Waals surface area contributed by atoms with Crippen molar-refractivity contribution in [2.75, 3.05) is 26.2 Å². The first kappa shape index (κ1) is 14.5. The van der Waals surface area contributed by atoms with Crippen molar-refractivity contribution in [3.05, 3.63) is 35.4 Å². The maximum atomic E-state index is 5.51. The Morgan fingerprint density at radius 2 is 1.42 bits per heavy atom. The lowest BCUT2D eigenvalue weighted by Crippen LogP contribution is -2.27. The second-order valence-corrected chi connectivity index (χ2v) is 5.67. The molecule has 1 aliphatic heterocycles. The van der Waals surface area contributed by atoms with E-state index >= 15 is 0 Å². The van der Waals surface area contributed by atoms with Crippen LogP contribution in [0.5, 0.6) is 0 Å². The number of unbranched alkanes of at least 4 members (excludes halogenated alkanes) is 4. The number of benzene rings is 1. The molecule has 2 nitrogen and oxygen atoms in total. The van der Waals surface area contributed by atoms with Gasteiger partial charge in [-0.05, 0) is 49.9 Å². The summed E-state index contributed by atoms with van der Waals surface area (Å²) in [5.41, 5.74) is 8.64. The Bertz CT molecular complexity index is 335. The van der Waals surface area contributed by atoms with Crippen LogP contribution in [-0.2, 0) is 12.8 Å². The fraction of sp³-hybridized carbons (Fsp3) is 0.647. The zero-order valence-corrected chi connectivity index (χ0v) is 12.1. The second-order valence-electron chi connectivity index (χ2n) is 5.67. The molecule has 0 aliphatic carbocycles. The van der Waals surface area contributed by atoms with E-state index in [1.165, 1.54) is 64.6 Å². The molecule has 0 saturated heterocycles. The molecule has 0 radical (unpaired) electrons. The third-order valence-electron chi connectivity index (χ3n) is 4.19. The van der Waals surface area contributed by atoms with Crippen molar-refractivity contribution in [2.45, 2.75) is 44.9 Å². The summed E-state index contributed by atoms with van der Waals surface area (Å²) in [4.78, 5) is 2.64. The number of hydrogen-bond acceptors (Lipinski definition) is 2. The lowest BCUT2D eigenvalue weighted by molar-refractivity contribution is 0.280. The van der Waals surface area contributed by atoms with E-state index in [-0.39, 0.29) is 0 Å². The Hall–Kier alpha value is -0.860. The topological polar surface area (TPSA) is 29.3 Å². The number of nitrogens with two attached hydrogens (primary N) is 1. The van der Waals surface area contributed by atoms with Gasteiger partial charge >= 0.3 is 0 Å². The van der Waals surface area contributed by atoms with E-state index in [9.17, 15) is 0 Å². The SMILES string of the molecule is NCCCCCCCN1CCc2ccccc2CC1. The molecule has 1 aliphatic rings. The molecule has 0 aromatic heterocycles. The average molecular weight is 260 g/mol. The van der Waals surface area contributed by atoms with Gasteiger partial charge in [0.2, 0.25) is 0 Å². The summed E-state index contributed by atoms with van der Waals surface area (Å²) < 4.78 is 0. The third kappa shape index (κ3) is 4.96. The molecule has 0 unspecified atom stereocenters. The summed E-state index contributed by atoms with van der Waals surface area (Å²) in [6, 6.07) is 8.94. The number of hydrogen-bond donors (Lipinski definition) is 1. The van der Waals surface area contributed by atoms with Gasteiger partial charge in [-0.25, -0.2) is 0 Å². The van der Waals surface area contributed by atoms with Crippen molar-refractivity contribution in [1.29, 1.82) is 0 Å². The molecule has 19 heavy (non-hydrogen) atoms. The van der Waals surface area contributed by atoms with Gasteiger partial charge in [-0.2, -0.15) is 0 Å². The molecule has 2 heteroatoms. The zero-order chi connectivity index (χ0) is 13.3. The van der Waals surface area contributed by atoms with Crippen molar-refractivity contribution < 1.29 is 0 Å². The Kier molecular flexibility index (Phi) is 6.38. The normalized spacial score (nSPS) is 16.1. The van der Waals surface area contributed by atoms with E-state index in [0.29, 0.717) is 0 Å². The molecular formula is C17H28N2. The molecule has 0 fully saturated rings. The van der Waals surface area contributed by atoms with Crippen LogP contribution >= 0.6 is 0 Å². The molecule has 0 saturated carbocycles. The predicted octanol–water partition coefficient (Wildman–Crippen LogP) is 3.00. The highest BCUT2D eigenvalue weighted by atomic mass is 15.1. The maximum absolute atomic E-state index is 5.51. The van der Waals surface area contributed by atoms with Crippen molar-refractivity contribution in [2.24, 2.45) is 5.73 Å². The van der Waals surface area contributed by atoms with E-state index in [0.717, 1.165) is 6.54 Å². The molecule has 0 spiro atoms. The minimum absolute atomic E-state index is 0.852. The van der Waals surface area contributed by atoms with Gasteiger partial charge in [-0.15, -0.1) is 0 Å². The first-order valence-corrected chi connectivity index (χ1v) is 7.89. The van der Waals surface area contributed by atoms with Crippen LogP contribution in [0.2, 0.25) is 0 Å². The maximum Gasteiger partial charge on any atom is 0.00221 e. The predicted molar refractivity (Wildman–Crippen MR) is 82.4 cm³/mol. The van der Waals surface area contributed by atoms with E-state index in [1.807, 2.05) is 0 Å². The van der Waals surface area contributed by atoms with E-state index in [1.54, 1.807) is 11.1 Å². The Morgan fingerprint density at radius 1 is 0.842 bits per heavy atom. The van der Waals surface area contributed by atoms with E-state index in [2.05, 4.69) is 29.2 Å². The Labute approximate surface area is 118 Å². The van der Waals surface area contributed by atoms with Crippen LogP contribution in [0.1, 0.15) is 43.2 Å². The lowest BCUT2D eigenvalue weighted by atomic mass is 10.0. The zero-order valence-electron chi connectivity index (χ0n) is 12.1. The summed E-state index contributed by atoms with van der Waals surface area (Å²) in [5, 5.41) is 0. The van der Waals surface area contributed by atoms with Gasteiger partial charge in [-0.1, -0.05) is 43.5 Å². The lowest BCUT2D eigenvalue weighted by Gasteiger charge is -2.19. The van der Waals surface area contributed by atoms with Crippen LogP contribution in [0.15, 0.2) is 24.3 Å². The van der Waals surface area contributed by atoms with E-state index < -0.39 is 0 Å². The van der Waals surface area contributed by atoms with Gasteiger partial charge in [-0.3, -0.25) is 0 Å². The van der Waals surface area contributed by atoms with Gasteiger partial charge < -0.3 is 10.6 Å². The van der Waals surface area contributed by atoms with Gasteiger partial charge in [0.1, 0.15) is 0 Å². The molecular weight excluding hydrogens is 232 g/mol. The summed E-state index contributed by atoms with van der Waals surface area (Å²) in [7, 11) is 0. The minimum atomic E-state index is 0.852. The Balaban J connectivity index is 1.65. The van der Waals surface area contributed by atoms with Crippen LogP contribution < -0.4 is 5.73 Å². The van der Waals surface area contributed by atoms with Crippen molar-refractivity contribution >= 4 is 0 Å². The molecule has 0 bridgehead atoms. The molecule has 1 aromatic carbocycles. The molecule has 0 amide bonds.